The van der Waals surface area contributed by atoms with Crippen molar-refractivity contribution >= 4 is 12.1 Å². The molecule has 1 aliphatic heterocycles. The number of hydrogen-bond donors (Lipinski definition) is 3. The minimum Gasteiger partial charge on any atom is -0.391 e. The van der Waals surface area contributed by atoms with Gasteiger partial charge in [0.1, 0.15) is 5.84 Å². The summed E-state index contributed by atoms with van der Waals surface area (Å²) in [6.07, 6.45) is 1.41. The molecule has 4 nitrogen and oxygen atoms in total. The van der Waals surface area contributed by atoms with Gasteiger partial charge in [0.25, 0.3) is 0 Å². The Balaban J connectivity index is 2.44. The summed E-state index contributed by atoms with van der Waals surface area (Å²) in [5.41, 5.74) is 0. The molecule has 0 aromatic heterocycles. The van der Waals surface area contributed by atoms with Crippen molar-refractivity contribution in [1.29, 1.82) is 10.8 Å². The molecule has 56 valence electrons. The second kappa shape index (κ2) is 2.79. The lowest BCUT2D eigenvalue weighted by atomic mass is 10.3. The molecule has 1 unspecified atom stereocenters. The van der Waals surface area contributed by atoms with E-state index in [1.165, 1.54) is 0 Å². The molecule has 0 radical (unpaired) electrons. The predicted octanol–water partition coefficient (Wildman–Crippen LogP) is -0.320. The van der Waals surface area contributed by atoms with Crippen LogP contribution in [0.2, 0.25) is 0 Å². The number of β-amino-alcohol motifs (C(OH)–C–C–N with tert-alkyl or cyclic N) is 1. The van der Waals surface area contributed by atoms with Gasteiger partial charge in [0.2, 0.25) is 0 Å². The number of hydrogen-bond acceptors (Lipinski definition) is 3. The Bertz CT molecular complexity index is 157. The van der Waals surface area contributed by atoms with Crippen molar-refractivity contribution in [1.82, 2.24) is 4.90 Å². The van der Waals surface area contributed by atoms with Crippen molar-refractivity contribution in [2.75, 3.05) is 13.1 Å². The fraction of sp³-hybridized carbons (Fsp3) is 0.667. The Morgan fingerprint density at radius 1 is 1.70 bits per heavy atom. The third kappa shape index (κ3) is 1.33. The first-order valence-electron chi connectivity index (χ1n) is 3.26. The van der Waals surface area contributed by atoms with Crippen molar-refractivity contribution in [3.8, 4) is 0 Å². The van der Waals surface area contributed by atoms with Crippen molar-refractivity contribution in [2.24, 2.45) is 0 Å². The lowest BCUT2D eigenvalue weighted by Crippen LogP contribution is -2.29. The SMILES string of the molecule is N=CC(=N)N1CCC(O)C1. The highest BCUT2D eigenvalue weighted by Gasteiger charge is 2.20. The van der Waals surface area contributed by atoms with Gasteiger partial charge in [-0.2, -0.15) is 0 Å². The first-order valence-corrected chi connectivity index (χ1v) is 3.26. The van der Waals surface area contributed by atoms with E-state index < -0.39 is 0 Å². The average Bonchev–Trinajstić information content (AvgIpc) is 2.34. The van der Waals surface area contributed by atoms with Crippen molar-refractivity contribution in [3.05, 3.63) is 0 Å². The molecule has 0 bridgehead atoms. The second-order valence-electron chi connectivity index (χ2n) is 2.42. The quantitative estimate of drug-likeness (QED) is 0.346. The molecule has 0 saturated carbocycles. The molecule has 0 aromatic rings. The van der Waals surface area contributed by atoms with E-state index in [0.29, 0.717) is 13.1 Å². The molecule has 0 amide bonds. The lowest BCUT2D eigenvalue weighted by Gasteiger charge is -2.13. The van der Waals surface area contributed by atoms with Gasteiger partial charge in [-0.1, -0.05) is 0 Å². The van der Waals surface area contributed by atoms with E-state index in [0.717, 1.165) is 12.6 Å². The third-order valence-electron chi connectivity index (χ3n) is 1.64. The first-order chi connectivity index (χ1) is 4.74. The van der Waals surface area contributed by atoms with Crippen LogP contribution in [0.1, 0.15) is 6.42 Å². The summed E-state index contributed by atoms with van der Waals surface area (Å²) >= 11 is 0. The molecule has 1 aliphatic rings. The summed E-state index contributed by atoms with van der Waals surface area (Å²) in [6, 6.07) is 0. The topological polar surface area (TPSA) is 71.2 Å². The molecule has 1 saturated heterocycles. The van der Waals surface area contributed by atoms with Gasteiger partial charge in [0.05, 0.1) is 12.3 Å². The van der Waals surface area contributed by atoms with Crippen LogP contribution in [-0.2, 0) is 0 Å². The zero-order valence-electron chi connectivity index (χ0n) is 5.67. The van der Waals surface area contributed by atoms with Crippen LogP contribution in [0, 0.1) is 10.8 Å². The molecule has 1 rings (SSSR count). The summed E-state index contributed by atoms with van der Waals surface area (Å²) in [7, 11) is 0. The Hall–Kier alpha value is -0.900. The van der Waals surface area contributed by atoms with E-state index in [4.69, 9.17) is 15.9 Å². The van der Waals surface area contributed by atoms with Gasteiger partial charge in [-0.3, -0.25) is 5.41 Å². The fourth-order valence-corrected chi connectivity index (χ4v) is 1.05. The molecule has 1 fully saturated rings. The third-order valence-corrected chi connectivity index (χ3v) is 1.64. The van der Waals surface area contributed by atoms with E-state index in [9.17, 15) is 0 Å². The van der Waals surface area contributed by atoms with Crippen LogP contribution in [0.3, 0.4) is 0 Å². The number of nitrogens with one attached hydrogen (secondary N) is 2. The highest BCUT2D eigenvalue weighted by Crippen LogP contribution is 2.07. The molecular weight excluding hydrogens is 130 g/mol. The number of likely N-dealkylation sites (tertiary alicyclic amines) is 1. The van der Waals surface area contributed by atoms with Gasteiger partial charge in [-0.25, -0.2) is 0 Å². The van der Waals surface area contributed by atoms with Gasteiger partial charge >= 0.3 is 0 Å². The second-order valence-corrected chi connectivity index (χ2v) is 2.42. The number of amidine groups is 1. The van der Waals surface area contributed by atoms with Crippen molar-refractivity contribution in [2.45, 2.75) is 12.5 Å². The van der Waals surface area contributed by atoms with Crippen molar-refractivity contribution < 1.29 is 5.11 Å². The van der Waals surface area contributed by atoms with Crippen LogP contribution in [0.25, 0.3) is 0 Å². The molecule has 10 heavy (non-hydrogen) atoms. The minimum absolute atomic E-state index is 0.191. The first kappa shape index (κ1) is 7.21. The highest BCUT2D eigenvalue weighted by molar-refractivity contribution is 6.26. The normalized spacial score (nSPS) is 24.9. The van der Waals surface area contributed by atoms with E-state index in [1.54, 1.807) is 4.90 Å². The number of rotatable bonds is 1. The molecule has 0 aliphatic carbocycles. The maximum atomic E-state index is 9.03. The van der Waals surface area contributed by atoms with Crippen LogP contribution in [0.15, 0.2) is 0 Å². The summed E-state index contributed by atoms with van der Waals surface area (Å²) in [4.78, 5) is 1.69. The van der Waals surface area contributed by atoms with Crippen molar-refractivity contribution in [3.63, 3.8) is 0 Å². The monoisotopic (exact) mass is 141 g/mol. The zero-order chi connectivity index (χ0) is 7.56. The zero-order valence-corrected chi connectivity index (χ0v) is 5.67. The van der Waals surface area contributed by atoms with E-state index in [1.807, 2.05) is 0 Å². The Labute approximate surface area is 59.5 Å². The number of aliphatic hydroxyl groups excluding tert-OH is 1. The summed E-state index contributed by atoms with van der Waals surface area (Å²) in [6.45, 7) is 1.21. The maximum Gasteiger partial charge on any atom is 0.138 e. The molecule has 1 heterocycles. The highest BCUT2D eigenvalue weighted by atomic mass is 16.3. The van der Waals surface area contributed by atoms with Gasteiger partial charge in [-0.15, -0.1) is 0 Å². The van der Waals surface area contributed by atoms with E-state index in [2.05, 4.69) is 0 Å². The summed E-state index contributed by atoms with van der Waals surface area (Å²) in [5, 5.41) is 23.0. The molecular formula is C6H11N3O. The number of nitrogens with zero attached hydrogens (tertiary/aromatic N) is 1. The Kier molecular flexibility index (Phi) is 2.01. The van der Waals surface area contributed by atoms with Gasteiger partial charge in [-0.05, 0) is 6.42 Å². The van der Waals surface area contributed by atoms with Gasteiger partial charge < -0.3 is 15.4 Å². The average molecular weight is 141 g/mol. The van der Waals surface area contributed by atoms with Gasteiger partial charge in [0.15, 0.2) is 0 Å². The molecule has 4 heteroatoms. The van der Waals surface area contributed by atoms with Crippen LogP contribution in [0.5, 0.6) is 0 Å². The summed E-state index contributed by atoms with van der Waals surface area (Å²) in [5.74, 6) is 0.191. The van der Waals surface area contributed by atoms with Crippen LogP contribution in [-0.4, -0.2) is 41.3 Å². The lowest BCUT2D eigenvalue weighted by molar-refractivity contribution is 0.188. The summed E-state index contributed by atoms with van der Waals surface area (Å²) < 4.78 is 0. The maximum absolute atomic E-state index is 9.03. The smallest absolute Gasteiger partial charge is 0.138 e. The van der Waals surface area contributed by atoms with Crippen LogP contribution in [0.4, 0.5) is 0 Å². The molecule has 0 aromatic carbocycles. The molecule has 3 N–H and O–H groups in total. The van der Waals surface area contributed by atoms with Crippen LogP contribution >= 0.6 is 0 Å². The van der Waals surface area contributed by atoms with Gasteiger partial charge in [0, 0.05) is 13.1 Å². The molecule has 0 spiro atoms. The Morgan fingerprint density at radius 2 is 2.40 bits per heavy atom. The number of aliphatic hydroxyl groups is 1. The standard InChI is InChI=1S/C6H11N3O/c7-3-6(8)9-2-1-5(10)4-9/h3,5,7-8,10H,1-2,4H2. The fourth-order valence-electron chi connectivity index (χ4n) is 1.05. The Morgan fingerprint density at radius 3 is 2.80 bits per heavy atom. The van der Waals surface area contributed by atoms with Crippen LogP contribution < -0.4 is 0 Å². The van der Waals surface area contributed by atoms with E-state index >= 15 is 0 Å². The molecule has 1 atom stereocenters. The van der Waals surface area contributed by atoms with E-state index in [-0.39, 0.29) is 11.9 Å². The minimum atomic E-state index is -0.305. The predicted molar refractivity (Wildman–Crippen MR) is 38.7 cm³/mol. The largest absolute Gasteiger partial charge is 0.391 e.